The van der Waals surface area contributed by atoms with Crippen molar-refractivity contribution < 1.29 is 0 Å². The van der Waals surface area contributed by atoms with E-state index in [1.807, 2.05) is 0 Å². The molecule has 3 heteroatoms. The van der Waals surface area contributed by atoms with Crippen LogP contribution in [-0.4, -0.2) is 48.6 Å². The second-order valence-corrected chi connectivity index (χ2v) is 5.59. The van der Waals surface area contributed by atoms with Gasteiger partial charge in [0.1, 0.15) is 0 Å². The molecule has 0 aromatic rings. The van der Waals surface area contributed by atoms with Gasteiger partial charge in [0.2, 0.25) is 0 Å². The third-order valence-electron chi connectivity index (χ3n) is 3.18. The van der Waals surface area contributed by atoms with Crippen molar-refractivity contribution in [2.45, 2.75) is 31.7 Å². The topological polar surface area (TPSA) is 15.3 Å². The Morgan fingerprint density at radius 1 is 1.14 bits per heavy atom. The minimum Gasteiger partial charge on any atom is -0.311 e. The minimum atomic E-state index is 0.756. The van der Waals surface area contributed by atoms with Crippen LogP contribution in [0, 0.1) is 0 Å². The molecule has 0 aromatic carbocycles. The summed E-state index contributed by atoms with van der Waals surface area (Å²) < 4.78 is 0. The first-order valence-corrected chi connectivity index (χ1v) is 7.14. The monoisotopic (exact) mass is 214 g/mol. The Labute approximate surface area is 91.8 Å². The quantitative estimate of drug-likeness (QED) is 0.751. The van der Waals surface area contributed by atoms with Crippen molar-refractivity contribution >= 4 is 11.8 Å². The van der Waals surface area contributed by atoms with E-state index < -0.39 is 0 Å². The van der Waals surface area contributed by atoms with Gasteiger partial charge in [0.25, 0.3) is 0 Å². The predicted molar refractivity (Wildman–Crippen MR) is 64.0 cm³/mol. The Hall–Kier alpha value is 0.270. The Morgan fingerprint density at radius 2 is 1.93 bits per heavy atom. The summed E-state index contributed by atoms with van der Waals surface area (Å²) in [5.41, 5.74) is 0. The van der Waals surface area contributed by atoms with E-state index in [0.29, 0.717) is 0 Å². The van der Waals surface area contributed by atoms with Gasteiger partial charge in [0.05, 0.1) is 0 Å². The average Bonchev–Trinajstić information content (AvgIpc) is 2.48. The molecule has 82 valence electrons. The van der Waals surface area contributed by atoms with Crippen molar-refractivity contribution in [3.8, 4) is 0 Å². The van der Waals surface area contributed by atoms with Crippen molar-refractivity contribution in [3.05, 3.63) is 0 Å². The lowest BCUT2D eigenvalue weighted by Crippen LogP contribution is -2.46. The van der Waals surface area contributed by atoms with Gasteiger partial charge in [-0.3, -0.25) is 0 Å². The molecule has 0 saturated carbocycles. The third-order valence-corrected chi connectivity index (χ3v) is 4.31. The lowest BCUT2D eigenvalue weighted by atomic mass is 10.2. The third kappa shape index (κ3) is 3.44. The number of hydrogen-bond donors (Lipinski definition) is 1. The summed E-state index contributed by atoms with van der Waals surface area (Å²) in [4.78, 5) is 2.66. The van der Waals surface area contributed by atoms with E-state index in [1.54, 1.807) is 0 Å². The molecule has 0 bridgehead atoms. The van der Waals surface area contributed by atoms with Gasteiger partial charge in [-0.1, -0.05) is 12.8 Å². The van der Waals surface area contributed by atoms with Crippen LogP contribution in [0.15, 0.2) is 0 Å². The van der Waals surface area contributed by atoms with Crippen LogP contribution >= 0.6 is 11.8 Å². The van der Waals surface area contributed by atoms with Gasteiger partial charge < -0.3 is 10.2 Å². The van der Waals surface area contributed by atoms with Crippen LogP contribution in [0.3, 0.4) is 0 Å². The second kappa shape index (κ2) is 5.99. The Bertz CT molecular complexity index is 149. The molecule has 2 aliphatic rings. The lowest BCUT2D eigenvalue weighted by Gasteiger charge is -2.29. The molecule has 14 heavy (non-hydrogen) atoms. The van der Waals surface area contributed by atoms with E-state index >= 15 is 0 Å². The van der Waals surface area contributed by atoms with Crippen LogP contribution in [-0.2, 0) is 0 Å². The maximum absolute atomic E-state index is 3.62. The number of thioether (sulfide) groups is 1. The van der Waals surface area contributed by atoms with E-state index in [1.165, 1.54) is 63.4 Å². The SMILES string of the molecule is C1CCCN(CC2CSCCN2)CC1. The van der Waals surface area contributed by atoms with Gasteiger partial charge in [-0.25, -0.2) is 0 Å². The highest BCUT2D eigenvalue weighted by atomic mass is 32.2. The molecule has 1 atom stereocenters. The van der Waals surface area contributed by atoms with Crippen LogP contribution in [0.1, 0.15) is 25.7 Å². The number of likely N-dealkylation sites (tertiary alicyclic amines) is 1. The number of rotatable bonds is 2. The summed E-state index contributed by atoms with van der Waals surface area (Å²) in [5, 5.41) is 3.62. The minimum absolute atomic E-state index is 0.756. The zero-order valence-corrected chi connectivity index (χ0v) is 9.82. The summed E-state index contributed by atoms with van der Waals surface area (Å²) in [6, 6.07) is 0.756. The molecule has 2 heterocycles. The Kier molecular flexibility index (Phi) is 4.61. The fraction of sp³-hybridized carbons (Fsp3) is 1.00. The largest absolute Gasteiger partial charge is 0.311 e. The van der Waals surface area contributed by atoms with Crippen LogP contribution in [0.5, 0.6) is 0 Å². The summed E-state index contributed by atoms with van der Waals surface area (Å²) in [6.45, 7) is 5.17. The molecule has 1 unspecified atom stereocenters. The lowest BCUT2D eigenvalue weighted by molar-refractivity contribution is 0.258. The van der Waals surface area contributed by atoms with Gasteiger partial charge >= 0.3 is 0 Å². The first-order valence-electron chi connectivity index (χ1n) is 5.98. The Morgan fingerprint density at radius 3 is 2.57 bits per heavy atom. The molecule has 0 spiro atoms. The summed E-state index contributed by atoms with van der Waals surface area (Å²) in [6.07, 6.45) is 5.73. The van der Waals surface area contributed by atoms with E-state index in [4.69, 9.17) is 0 Å². The van der Waals surface area contributed by atoms with Gasteiger partial charge in [0, 0.05) is 30.6 Å². The highest BCUT2D eigenvalue weighted by Gasteiger charge is 2.17. The molecule has 2 aliphatic heterocycles. The van der Waals surface area contributed by atoms with Gasteiger partial charge in [-0.05, 0) is 25.9 Å². The molecule has 0 radical (unpaired) electrons. The summed E-state index contributed by atoms with van der Waals surface area (Å²) in [7, 11) is 0. The molecule has 0 amide bonds. The van der Waals surface area contributed by atoms with E-state index in [0.717, 1.165) is 6.04 Å². The standard InChI is InChI=1S/C11H22N2S/c1-2-4-7-13(6-3-1)9-11-10-14-8-5-12-11/h11-12H,1-10H2. The smallest absolute Gasteiger partial charge is 0.0285 e. The Balaban J connectivity index is 1.71. The number of hydrogen-bond acceptors (Lipinski definition) is 3. The molecule has 2 saturated heterocycles. The van der Waals surface area contributed by atoms with Crippen LogP contribution < -0.4 is 5.32 Å². The van der Waals surface area contributed by atoms with E-state index in [2.05, 4.69) is 22.0 Å². The predicted octanol–water partition coefficient (Wildman–Crippen LogP) is 1.57. The highest BCUT2D eigenvalue weighted by molar-refractivity contribution is 7.99. The molecule has 1 N–H and O–H groups in total. The maximum Gasteiger partial charge on any atom is 0.0285 e. The van der Waals surface area contributed by atoms with Gasteiger partial charge in [-0.15, -0.1) is 0 Å². The molecule has 0 aromatic heterocycles. The second-order valence-electron chi connectivity index (χ2n) is 4.44. The molecule has 2 nitrogen and oxygen atoms in total. The maximum atomic E-state index is 3.62. The molecule has 2 rings (SSSR count). The molecular weight excluding hydrogens is 192 g/mol. The van der Waals surface area contributed by atoms with Crippen molar-refractivity contribution in [1.82, 2.24) is 10.2 Å². The van der Waals surface area contributed by atoms with Crippen molar-refractivity contribution in [1.29, 1.82) is 0 Å². The van der Waals surface area contributed by atoms with Crippen molar-refractivity contribution in [2.75, 3.05) is 37.7 Å². The van der Waals surface area contributed by atoms with Gasteiger partial charge in [0.15, 0.2) is 0 Å². The number of nitrogens with zero attached hydrogens (tertiary/aromatic N) is 1. The van der Waals surface area contributed by atoms with Crippen LogP contribution in [0.4, 0.5) is 0 Å². The van der Waals surface area contributed by atoms with E-state index in [-0.39, 0.29) is 0 Å². The van der Waals surface area contributed by atoms with Crippen molar-refractivity contribution in [3.63, 3.8) is 0 Å². The summed E-state index contributed by atoms with van der Waals surface area (Å²) in [5.74, 6) is 2.62. The van der Waals surface area contributed by atoms with E-state index in [9.17, 15) is 0 Å². The zero-order chi connectivity index (χ0) is 9.64. The fourth-order valence-electron chi connectivity index (χ4n) is 2.37. The average molecular weight is 214 g/mol. The van der Waals surface area contributed by atoms with Crippen LogP contribution in [0.2, 0.25) is 0 Å². The molecule has 2 fully saturated rings. The van der Waals surface area contributed by atoms with Crippen molar-refractivity contribution in [2.24, 2.45) is 0 Å². The zero-order valence-electron chi connectivity index (χ0n) is 9.00. The van der Waals surface area contributed by atoms with Gasteiger partial charge in [-0.2, -0.15) is 11.8 Å². The fourth-order valence-corrected chi connectivity index (χ4v) is 3.30. The highest BCUT2D eigenvalue weighted by Crippen LogP contribution is 2.13. The first kappa shape index (κ1) is 10.8. The number of nitrogens with one attached hydrogen (secondary N) is 1. The van der Waals surface area contributed by atoms with Crippen LogP contribution in [0.25, 0.3) is 0 Å². The molecular formula is C11H22N2S. The first-order chi connectivity index (χ1) is 6.95. The summed E-state index contributed by atoms with van der Waals surface area (Å²) >= 11 is 2.11. The normalized spacial score (nSPS) is 31.3. The molecule has 0 aliphatic carbocycles.